The Labute approximate surface area is 169 Å². The van der Waals surface area contributed by atoms with Crippen LogP contribution in [-0.2, 0) is 14.5 Å². The van der Waals surface area contributed by atoms with Gasteiger partial charge < -0.3 is 4.74 Å². The van der Waals surface area contributed by atoms with Crippen LogP contribution in [0.5, 0.6) is 0 Å². The van der Waals surface area contributed by atoms with E-state index in [1.54, 1.807) is 0 Å². The Hall–Kier alpha value is -0.380. The molecule has 1 heterocycles. The zero-order valence-electron chi connectivity index (χ0n) is 17.4. The minimum atomic E-state index is -0.451. The predicted octanol–water partition coefficient (Wildman–Crippen LogP) is 5.65. The van der Waals surface area contributed by atoms with Crippen LogP contribution in [0.15, 0.2) is 12.2 Å². The van der Waals surface area contributed by atoms with E-state index < -0.39 is 5.79 Å². The van der Waals surface area contributed by atoms with E-state index >= 15 is 0 Å². The van der Waals surface area contributed by atoms with E-state index in [1.807, 2.05) is 0 Å². The number of hydrogen-bond donors (Lipinski definition) is 0. The second kappa shape index (κ2) is 5.65. The van der Waals surface area contributed by atoms with Crippen LogP contribution in [0.3, 0.4) is 0 Å². The van der Waals surface area contributed by atoms with Gasteiger partial charge in [0.25, 0.3) is 0 Å². The van der Waals surface area contributed by atoms with E-state index in [-0.39, 0.29) is 12.2 Å². The van der Waals surface area contributed by atoms with Gasteiger partial charge in [0, 0.05) is 17.3 Å². The molecule has 0 unspecified atom stereocenters. The van der Waals surface area contributed by atoms with Crippen LogP contribution < -0.4 is 0 Å². The molecule has 8 saturated carbocycles. The van der Waals surface area contributed by atoms with Gasteiger partial charge in [0.15, 0.2) is 0 Å². The lowest BCUT2D eigenvalue weighted by molar-refractivity contribution is -0.543. The SMILES string of the molecule is C=C(C)[C@@H]1OOC2(O[C@H]1C13CC4CC(CC(C4)C1)C3)C1CC3CC(C1)CC2C3. The number of ether oxygens (including phenoxy) is 1. The molecule has 1 saturated heterocycles. The molecule has 1 spiro atoms. The van der Waals surface area contributed by atoms with Gasteiger partial charge in [-0.2, -0.15) is 4.89 Å². The maximum Gasteiger partial charge on any atom is 0.207 e. The maximum absolute atomic E-state index is 7.30. The van der Waals surface area contributed by atoms with Crippen molar-refractivity contribution in [1.29, 1.82) is 0 Å². The highest BCUT2D eigenvalue weighted by Crippen LogP contribution is 2.66. The van der Waals surface area contributed by atoms with Gasteiger partial charge >= 0.3 is 0 Å². The fourth-order valence-electron chi connectivity index (χ4n) is 9.94. The highest BCUT2D eigenvalue weighted by molar-refractivity contribution is 5.15. The second-order valence-corrected chi connectivity index (χ2v) is 12.3. The third-order valence-corrected chi connectivity index (χ3v) is 10.3. The van der Waals surface area contributed by atoms with Gasteiger partial charge in [-0.3, -0.25) is 0 Å². The lowest BCUT2D eigenvalue weighted by atomic mass is 9.47. The first kappa shape index (κ1) is 17.3. The van der Waals surface area contributed by atoms with Gasteiger partial charge in [-0.1, -0.05) is 6.58 Å². The third kappa shape index (κ3) is 2.22. The van der Waals surface area contributed by atoms with Crippen LogP contribution in [0.25, 0.3) is 0 Å². The zero-order valence-corrected chi connectivity index (χ0v) is 17.4. The summed E-state index contributed by atoms with van der Waals surface area (Å²) >= 11 is 0. The van der Waals surface area contributed by atoms with Crippen molar-refractivity contribution < 1.29 is 14.5 Å². The van der Waals surface area contributed by atoms with Gasteiger partial charge in [-0.25, -0.2) is 4.89 Å². The first-order valence-corrected chi connectivity index (χ1v) is 12.2. The van der Waals surface area contributed by atoms with Crippen LogP contribution in [0.1, 0.15) is 77.6 Å². The van der Waals surface area contributed by atoms with Crippen molar-refractivity contribution in [2.75, 3.05) is 0 Å². The fraction of sp³-hybridized carbons (Fsp3) is 0.920. The normalized spacial score (nSPS) is 61.2. The maximum atomic E-state index is 7.30. The summed E-state index contributed by atoms with van der Waals surface area (Å²) in [5, 5.41) is 0. The molecule has 28 heavy (non-hydrogen) atoms. The molecular weight excluding hydrogens is 348 g/mol. The van der Waals surface area contributed by atoms with Crippen LogP contribution in [0, 0.1) is 46.8 Å². The van der Waals surface area contributed by atoms with Gasteiger partial charge in [0.05, 0.1) is 6.10 Å². The molecule has 0 aromatic rings. The third-order valence-electron chi connectivity index (χ3n) is 10.3. The number of rotatable bonds is 2. The first-order chi connectivity index (χ1) is 13.5. The second-order valence-electron chi connectivity index (χ2n) is 12.3. The Balaban J connectivity index is 1.26. The van der Waals surface area contributed by atoms with Crippen molar-refractivity contribution in [2.24, 2.45) is 46.8 Å². The van der Waals surface area contributed by atoms with Gasteiger partial charge in [0.1, 0.15) is 6.10 Å². The highest BCUT2D eigenvalue weighted by Gasteiger charge is 2.66. The first-order valence-electron chi connectivity index (χ1n) is 12.2. The molecule has 0 aromatic heterocycles. The van der Waals surface area contributed by atoms with Crippen molar-refractivity contribution in [3.8, 4) is 0 Å². The van der Waals surface area contributed by atoms with Gasteiger partial charge in [-0.15, -0.1) is 0 Å². The Morgan fingerprint density at radius 2 is 1.25 bits per heavy atom. The summed E-state index contributed by atoms with van der Waals surface area (Å²) in [5.41, 5.74) is 1.39. The van der Waals surface area contributed by atoms with Crippen molar-refractivity contribution in [3.05, 3.63) is 12.2 Å². The van der Waals surface area contributed by atoms with E-state index in [0.717, 1.165) is 35.2 Å². The molecule has 9 fully saturated rings. The van der Waals surface area contributed by atoms with Crippen LogP contribution >= 0.6 is 0 Å². The molecule has 0 aromatic carbocycles. The quantitative estimate of drug-likeness (QED) is 0.455. The Morgan fingerprint density at radius 1 is 0.750 bits per heavy atom. The number of hydrogen-bond acceptors (Lipinski definition) is 3. The smallest absolute Gasteiger partial charge is 0.207 e. The topological polar surface area (TPSA) is 27.7 Å². The molecule has 8 aliphatic carbocycles. The van der Waals surface area contributed by atoms with Crippen LogP contribution in [0.4, 0.5) is 0 Å². The molecule has 8 bridgehead atoms. The average molecular weight is 385 g/mol. The molecule has 3 heteroatoms. The largest absolute Gasteiger partial charge is 0.340 e. The van der Waals surface area contributed by atoms with E-state index in [2.05, 4.69) is 13.5 Å². The van der Waals surface area contributed by atoms with Crippen molar-refractivity contribution in [1.82, 2.24) is 0 Å². The van der Waals surface area contributed by atoms with Crippen molar-refractivity contribution in [3.63, 3.8) is 0 Å². The standard InChI is InChI=1S/C25H36O3/c1-14(2)22-23(24-11-17-4-18(12-24)6-19(5-17)13-24)26-25(28-27-22)20-7-15-3-16(9-20)10-21(25)8-15/h15-23H,1,3-13H2,2H3/t15?,16?,17?,18?,19?,20?,21?,22-,23+,24?,25?/m0/s1. The molecule has 1 aliphatic heterocycles. The Morgan fingerprint density at radius 3 is 1.75 bits per heavy atom. The summed E-state index contributed by atoms with van der Waals surface area (Å²) in [5.74, 6) is 5.26. The summed E-state index contributed by atoms with van der Waals surface area (Å²) in [6.45, 7) is 6.41. The van der Waals surface area contributed by atoms with E-state index in [9.17, 15) is 0 Å². The van der Waals surface area contributed by atoms with Gasteiger partial charge in [-0.05, 0) is 113 Å². The Kier molecular flexibility index (Phi) is 3.49. The summed E-state index contributed by atoms with van der Waals surface area (Å²) in [7, 11) is 0. The van der Waals surface area contributed by atoms with E-state index in [1.165, 1.54) is 70.6 Å². The zero-order chi connectivity index (χ0) is 18.7. The van der Waals surface area contributed by atoms with Gasteiger partial charge in [0.2, 0.25) is 5.79 Å². The summed E-state index contributed by atoms with van der Waals surface area (Å²) < 4.78 is 7.30. The summed E-state index contributed by atoms with van der Waals surface area (Å²) in [6, 6.07) is 0. The summed E-state index contributed by atoms with van der Waals surface area (Å²) in [4.78, 5) is 12.6. The van der Waals surface area contributed by atoms with E-state index in [0.29, 0.717) is 17.3 Å². The van der Waals surface area contributed by atoms with E-state index in [4.69, 9.17) is 14.5 Å². The average Bonchev–Trinajstić information content (AvgIpc) is 2.64. The highest BCUT2D eigenvalue weighted by atomic mass is 17.2. The molecule has 9 rings (SSSR count). The Bertz CT molecular complexity index is 633. The minimum Gasteiger partial charge on any atom is -0.340 e. The molecule has 3 nitrogen and oxygen atoms in total. The lowest BCUT2D eigenvalue weighted by Crippen LogP contribution is -2.68. The fourth-order valence-corrected chi connectivity index (χ4v) is 9.94. The molecular formula is C25H36O3. The van der Waals surface area contributed by atoms with Crippen LogP contribution in [0.2, 0.25) is 0 Å². The van der Waals surface area contributed by atoms with Crippen LogP contribution in [-0.4, -0.2) is 18.0 Å². The summed E-state index contributed by atoms with van der Waals surface area (Å²) in [6.07, 6.45) is 15.2. The minimum absolute atomic E-state index is 0.0842. The van der Waals surface area contributed by atoms with Crippen molar-refractivity contribution >= 4 is 0 Å². The molecule has 2 atom stereocenters. The lowest BCUT2D eigenvalue weighted by Gasteiger charge is -2.65. The molecule has 0 amide bonds. The molecule has 9 aliphatic rings. The van der Waals surface area contributed by atoms with Crippen molar-refractivity contribution in [2.45, 2.75) is 95.5 Å². The molecule has 0 radical (unpaired) electrons. The molecule has 0 N–H and O–H groups in total. The molecule has 154 valence electrons. The monoisotopic (exact) mass is 384 g/mol. The predicted molar refractivity (Wildman–Crippen MR) is 106 cm³/mol.